The van der Waals surface area contributed by atoms with Gasteiger partial charge >= 0.3 is 5.97 Å². The fourth-order valence-electron chi connectivity index (χ4n) is 3.75. The highest BCUT2D eigenvalue weighted by atomic mass is 32.2. The van der Waals surface area contributed by atoms with E-state index in [1.807, 2.05) is 58.0 Å². The average Bonchev–Trinajstić information content (AvgIpc) is 3.05. The summed E-state index contributed by atoms with van der Waals surface area (Å²) < 4.78 is 36.2. The Morgan fingerprint density at radius 2 is 1.65 bits per heavy atom. The second kappa shape index (κ2) is 8.75. The number of benzene rings is 2. The van der Waals surface area contributed by atoms with Crippen molar-refractivity contribution >= 4 is 26.8 Å². The van der Waals surface area contributed by atoms with Crippen molar-refractivity contribution in [2.45, 2.75) is 51.0 Å². The zero-order valence-corrected chi connectivity index (χ0v) is 19.2. The van der Waals surface area contributed by atoms with Crippen LogP contribution in [-0.4, -0.2) is 32.4 Å². The molecule has 0 aliphatic rings. The molecular formula is C24H28O6S. The molecule has 0 bridgehead atoms. The highest BCUT2D eigenvalue weighted by Gasteiger charge is 2.24. The van der Waals surface area contributed by atoms with Crippen LogP contribution in [0.4, 0.5) is 0 Å². The summed E-state index contributed by atoms with van der Waals surface area (Å²) in [6, 6.07) is 11.2. The predicted octanol–water partition coefficient (Wildman–Crippen LogP) is 5.14. The summed E-state index contributed by atoms with van der Waals surface area (Å²) >= 11 is 0. The number of rotatable bonds is 8. The number of hydrogen-bond donors (Lipinski definition) is 1. The van der Waals surface area contributed by atoms with E-state index in [-0.39, 0.29) is 16.9 Å². The van der Waals surface area contributed by atoms with Gasteiger partial charge in [0.15, 0.2) is 6.61 Å². The molecule has 3 rings (SSSR count). The molecule has 0 fully saturated rings. The lowest BCUT2D eigenvalue weighted by atomic mass is 9.89. The summed E-state index contributed by atoms with van der Waals surface area (Å²) in [5.74, 6) is -0.249. The quantitative estimate of drug-likeness (QED) is 0.517. The molecule has 1 heterocycles. The van der Waals surface area contributed by atoms with E-state index < -0.39 is 22.4 Å². The van der Waals surface area contributed by atoms with Gasteiger partial charge in [-0.1, -0.05) is 58.0 Å². The summed E-state index contributed by atoms with van der Waals surface area (Å²) in [7, 11) is -3.55. The van der Waals surface area contributed by atoms with Crippen LogP contribution in [0.1, 0.15) is 61.8 Å². The molecule has 0 saturated heterocycles. The first-order valence-corrected chi connectivity index (χ1v) is 12.1. The molecule has 0 radical (unpaired) electrons. The molecule has 0 unspecified atom stereocenters. The minimum atomic E-state index is -3.55. The van der Waals surface area contributed by atoms with Gasteiger partial charge in [0.2, 0.25) is 14.9 Å². The maximum Gasteiger partial charge on any atom is 0.341 e. The lowest BCUT2D eigenvalue weighted by Crippen LogP contribution is -2.13. The Balaban J connectivity index is 2.18. The first-order chi connectivity index (χ1) is 14.5. The molecule has 0 amide bonds. The summed E-state index contributed by atoms with van der Waals surface area (Å²) in [5.41, 5.74) is 3.88. The Bertz CT molecular complexity index is 1190. The molecule has 6 nitrogen and oxygen atoms in total. The second-order valence-corrected chi connectivity index (χ2v) is 10.3. The van der Waals surface area contributed by atoms with Gasteiger partial charge in [-0.3, -0.25) is 0 Å². The zero-order valence-electron chi connectivity index (χ0n) is 18.4. The van der Waals surface area contributed by atoms with Crippen molar-refractivity contribution in [1.29, 1.82) is 0 Å². The maximum atomic E-state index is 12.4. The van der Waals surface area contributed by atoms with Crippen molar-refractivity contribution in [2.75, 3.05) is 12.9 Å². The van der Waals surface area contributed by atoms with E-state index in [1.54, 1.807) is 6.07 Å². The van der Waals surface area contributed by atoms with Crippen LogP contribution < -0.4 is 4.74 Å². The van der Waals surface area contributed by atoms with E-state index in [2.05, 4.69) is 0 Å². The molecule has 2 aromatic carbocycles. The fraction of sp³-hybridized carbons (Fsp3) is 0.375. The third-order valence-electron chi connectivity index (χ3n) is 5.17. The molecule has 1 N–H and O–H groups in total. The van der Waals surface area contributed by atoms with Gasteiger partial charge in [-0.25, -0.2) is 13.2 Å². The lowest BCUT2D eigenvalue weighted by Gasteiger charge is -2.21. The molecule has 0 spiro atoms. The highest BCUT2D eigenvalue weighted by Crippen LogP contribution is 2.38. The summed E-state index contributed by atoms with van der Waals surface area (Å²) in [5, 5.41) is 9.83. The Labute approximate surface area is 182 Å². The largest absolute Gasteiger partial charge is 0.481 e. The van der Waals surface area contributed by atoms with Crippen LogP contribution in [0.2, 0.25) is 0 Å². The first-order valence-electron chi connectivity index (χ1n) is 10.2. The van der Waals surface area contributed by atoms with Gasteiger partial charge in [-0.05, 0) is 34.6 Å². The number of sulfone groups is 1. The van der Waals surface area contributed by atoms with Crippen LogP contribution in [0, 0.1) is 0 Å². The number of fused-ring (bicyclic) bond motifs is 1. The van der Waals surface area contributed by atoms with Gasteiger partial charge in [-0.2, -0.15) is 0 Å². The van der Waals surface area contributed by atoms with Crippen LogP contribution >= 0.6 is 0 Å². The van der Waals surface area contributed by atoms with Gasteiger partial charge in [0, 0.05) is 23.6 Å². The first kappa shape index (κ1) is 22.9. The van der Waals surface area contributed by atoms with Crippen LogP contribution in [0.15, 0.2) is 45.9 Å². The predicted molar refractivity (Wildman–Crippen MR) is 120 cm³/mol. The minimum absolute atomic E-state index is 0.0166. The molecular weight excluding hydrogens is 416 g/mol. The Morgan fingerprint density at radius 1 is 1.06 bits per heavy atom. The number of carbonyl (C=O) groups is 1. The van der Waals surface area contributed by atoms with Crippen molar-refractivity contribution < 1.29 is 27.5 Å². The molecule has 0 saturated carbocycles. The Hall–Kier alpha value is -2.80. The van der Waals surface area contributed by atoms with E-state index in [9.17, 15) is 13.2 Å². The minimum Gasteiger partial charge on any atom is -0.481 e. The number of hydrogen-bond acceptors (Lipinski definition) is 5. The molecule has 3 aromatic rings. The van der Waals surface area contributed by atoms with E-state index in [0.717, 1.165) is 28.3 Å². The van der Waals surface area contributed by atoms with Crippen molar-refractivity contribution in [3.05, 3.63) is 58.7 Å². The van der Waals surface area contributed by atoms with Gasteiger partial charge < -0.3 is 14.3 Å². The average molecular weight is 445 g/mol. The number of ether oxygens (including phenoxy) is 1. The third-order valence-corrected chi connectivity index (χ3v) is 6.17. The second-order valence-electron chi connectivity index (χ2n) is 8.41. The normalized spacial score (nSPS) is 12.1. The summed E-state index contributed by atoms with van der Waals surface area (Å²) in [6.45, 7) is 7.67. The fourth-order valence-corrected chi connectivity index (χ4v) is 4.62. The smallest absolute Gasteiger partial charge is 0.341 e. The molecule has 0 aliphatic carbocycles. The van der Waals surface area contributed by atoms with Crippen LogP contribution in [0.5, 0.6) is 5.75 Å². The molecule has 0 atom stereocenters. The number of para-hydroxylation sites is 1. The zero-order chi connectivity index (χ0) is 22.9. The molecule has 31 heavy (non-hydrogen) atoms. The maximum absolute atomic E-state index is 12.4. The van der Waals surface area contributed by atoms with Crippen molar-refractivity contribution in [1.82, 2.24) is 0 Å². The molecule has 1 aromatic heterocycles. The van der Waals surface area contributed by atoms with Crippen LogP contribution in [-0.2, 0) is 21.1 Å². The van der Waals surface area contributed by atoms with Gasteiger partial charge in [0.05, 0.1) is 0 Å². The molecule has 166 valence electrons. The Morgan fingerprint density at radius 3 is 2.16 bits per heavy atom. The Kier molecular flexibility index (Phi) is 6.46. The van der Waals surface area contributed by atoms with E-state index in [0.29, 0.717) is 23.3 Å². The highest BCUT2D eigenvalue weighted by molar-refractivity contribution is 7.90. The van der Waals surface area contributed by atoms with Crippen molar-refractivity contribution in [2.24, 2.45) is 0 Å². The van der Waals surface area contributed by atoms with Crippen molar-refractivity contribution in [3.63, 3.8) is 0 Å². The number of furan rings is 1. The van der Waals surface area contributed by atoms with Crippen LogP contribution in [0.3, 0.4) is 0 Å². The van der Waals surface area contributed by atoms with Gasteiger partial charge in [-0.15, -0.1) is 0 Å². The van der Waals surface area contributed by atoms with E-state index in [1.165, 1.54) is 0 Å². The molecule has 0 aliphatic heterocycles. The summed E-state index contributed by atoms with van der Waals surface area (Å²) in [4.78, 5) is 11.1. The molecule has 7 heteroatoms. The van der Waals surface area contributed by atoms with Crippen molar-refractivity contribution in [3.8, 4) is 5.75 Å². The lowest BCUT2D eigenvalue weighted by molar-refractivity contribution is -0.139. The number of carboxylic acid groups (broad SMARTS) is 1. The number of aliphatic carboxylic acids is 1. The van der Waals surface area contributed by atoms with E-state index in [4.69, 9.17) is 14.3 Å². The van der Waals surface area contributed by atoms with Crippen LogP contribution in [0.25, 0.3) is 11.0 Å². The topological polar surface area (TPSA) is 93.8 Å². The monoisotopic (exact) mass is 444 g/mol. The third kappa shape index (κ3) is 4.93. The standard InChI is InChI=1S/C24H28O6S/c1-14(2)18-10-16(11-19(15(3)4)23(18)29-13-22(25)26)12-20-17-8-6-7-9-21(17)30-24(20)31(5,27)28/h6-11,14-15H,12-13H2,1-5H3,(H,25,26). The van der Waals surface area contributed by atoms with Gasteiger partial charge in [0.1, 0.15) is 11.3 Å². The summed E-state index contributed by atoms with van der Waals surface area (Å²) in [6.07, 6.45) is 1.52. The number of carboxylic acids is 1. The van der Waals surface area contributed by atoms with Gasteiger partial charge in [0.25, 0.3) is 0 Å². The SMILES string of the molecule is CC(C)c1cc(Cc2c(S(C)(=O)=O)oc3ccccc23)cc(C(C)C)c1OCC(=O)O. The van der Waals surface area contributed by atoms with E-state index >= 15 is 0 Å².